The second-order valence-corrected chi connectivity index (χ2v) is 4.15. The van der Waals surface area contributed by atoms with Gasteiger partial charge in [-0.15, -0.1) is 11.6 Å². The summed E-state index contributed by atoms with van der Waals surface area (Å²) < 4.78 is 5.65. The summed E-state index contributed by atoms with van der Waals surface area (Å²) in [6.07, 6.45) is 6.14. The van der Waals surface area contributed by atoms with Crippen molar-refractivity contribution >= 4 is 11.6 Å². The number of rotatable bonds is 3. The molecule has 2 bridgehead atoms. The van der Waals surface area contributed by atoms with Gasteiger partial charge in [-0.05, 0) is 37.5 Å². The second kappa shape index (κ2) is 3.32. The quantitative estimate of drug-likeness (QED) is 0.598. The molecule has 0 aromatic rings. The first kappa shape index (κ1) is 7.88. The van der Waals surface area contributed by atoms with Crippen LogP contribution in [0.25, 0.3) is 0 Å². The van der Waals surface area contributed by atoms with Gasteiger partial charge in [0.1, 0.15) is 0 Å². The van der Waals surface area contributed by atoms with Crippen molar-refractivity contribution in [2.75, 3.05) is 12.5 Å². The Morgan fingerprint density at radius 3 is 2.73 bits per heavy atom. The topological polar surface area (TPSA) is 9.23 Å². The van der Waals surface area contributed by atoms with Gasteiger partial charge in [0, 0.05) is 5.88 Å². The molecule has 2 heteroatoms. The lowest BCUT2D eigenvalue weighted by Gasteiger charge is -2.21. The average Bonchev–Trinajstić information content (AvgIpc) is 2.60. The Hall–Kier alpha value is 0.250. The standard InChI is InChI=1S/C9H15ClO/c10-3-4-11-9-6-7-1-2-8(9)5-7/h7-9H,1-6H2/t7-,8+,9-/m0/s1. The van der Waals surface area contributed by atoms with Crippen LogP contribution in [-0.2, 0) is 4.74 Å². The van der Waals surface area contributed by atoms with Crippen molar-refractivity contribution in [2.45, 2.75) is 31.8 Å². The van der Waals surface area contributed by atoms with Gasteiger partial charge >= 0.3 is 0 Å². The summed E-state index contributed by atoms with van der Waals surface area (Å²) in [6.45, 7) is 0.745. The normalized spacial score (nSPS) is 41.7. The van der Waals surface area contributed by atoms with Crippen molar-refractivity contribution in [1.82, 2.24) is 0 Å². The van der Waals surface area contributed by atoms with Crippen LogP contribution in [0.5, 0.6) is 0 Å². The fourth-order valence-corrected chi connectivity index (χ4v) is 2.68. The van der Waals surface area contributed by atoms with E-state index in [0.717, 1.165) is 18.4 Å². The molecule has 2 aliphatic carbocycles. The minimum atomic E-state index is 0.562. The number of ether oxygens (including phenoxy) is 1. The summed E-state index contributed by atoms with van der Waals surface area (Å²) in [7, 11) is 0. The van der Waals surface area contributed by atoms with Crippen molar-refractivity contribution in [3.05, 3.63) is 0 Å². The van der Waals surface area contributed by atoms with E-state index in [1.54, 1.807) is 0 Å². The molecule has 0 heterocycles. The zero-order valence-electron chi connectivity index (χ0n) is 6.76. The Balaban J connectivity index is 1.78. The highest BCUT2D eigenvalue weighted by Gasteiger charge is 2.39. The molecule has 0 radical (unpaired) electrons. The second-order valence-electron chi connectivity index (χ2n) is 3.77. The van der Waals surface area contributed by atoms with Gasteiger partial charge in [-0.2, -0.15) is 0 Å². The summed E-state index contributed by atoms with van der Waals surface area (Å²) in [4.78, 5) is 0. The SMILES string of the molecule is ClCCO[C@H]1C[C@H]2CC[C@@H]1C2. The molecule has 2 aliphatic rings. The van der Waals surface area contributed by atoms with Gasteiger partial charge < -0.3 is 4.74 Å². The maximum Gasteiger partial charge on any atom is 0.0606 e. The molecule has 11 heavy (non-hydrogen) atoms. The molecule has 2 saturated carbocycles. The monoisotopic (exact) mass is 174 g/mol. The van der Waals surface area contributed by atoms with Crippen molar-refractivity contribution < 1.29 is 4.74 Å². The summed E-state index contributed by atoms with van der Waals surface area (Å²) >= 11 is 5.56. The van der Waals surface area contributed by atoms with Crippen LogP contribution in [0, 0.1) is 11.8 Å². The Morgan fingerprint density at radius 2 is 2.18 bits per heavy atom. The summed E-state index contributed by atoms with van der Waals surface area (Å²) in [5.74, 6) is 2.51. The van der Waals surface area contributed by atoms with Gasteiger partial charge in [0.2, 0.25) is 0 Å². The van der Waals surface area contributed by atoms with Crippen molar-refractivity contribution in [3.8, 4) is 0 Å². The van der Waals surface area contributed by atoms with Crippen LogP contribution in [0.3, 0.4) is 0 Å². The molecule has 3 atom stereocenters. The number of hydrogen-bond donors (Lipinski definition) is 0. The van der Waals surface area contributed by atoms with E-state index in [-0.39, 0.29) is 0 Å². The van der Waals surface area contributed by atoms with Gasteiger partial charge in [-0.25, -0.2) is 0 Å². The maximum atomic E-state index is 5.65. The summed E-state index contributed by atoms with van der Waals surface area (Å²) in [5, 5.41) is 0. The highest BCUT2D eigenvalue weighted by Crippen LogP contribution is 2.45. The van der Waals surface area contributed by atoms with Crippen LogP contribution in [0.2, 0.25) is 0 Å². The van der Waals surface area contributed by atoms with E-state index in [2.05, 4.69) is 0 Å². The van der Waals surface area contributed by atoms with Gasteiger partial charge in [-0.3, -0.25) is 0 Å². The molecule has 0 aliphatic heterocycles. The fraction of sp³-hybridized carbons (Fsp3) is 1.00. The molecule has 0 spiro atoms. The molecule has 64 valence electrons. The largest absolute Gasteiger partial charge is 0.377 e. The highest BCUT2D eigenvalue weighted by atomic mass is 35.5. The molecule has 0 aromatic carbocycles. The smallest absolute Gasteiger partial charge is 0.0606 e. The van der Waals surface area contributed by atoms with Gasteiger partial charge in [0.25, 0.3) is 0 Å². The van der Waals surface area contributed by atoms with Gasteiger partial charge in [-0.1, -0.05) is 0 Å². The van der Waals surface area contributed by atoms with Crippen LogP contribution in [0.4, 0.5) is 0 Å². The predicted octanol–water partition coefficient (Wildman–Crippen LogP) is 2.43. The molecule has 2 fully saturated rings. The first-order valence-corrected chi connectivity index (χ1v) is 5.11. The molecular formula is C9H15ClO. The zero-order chi connectivity index (χ0) is 7.68. The molecule has 0 saturated heterocycles. The lowest BCUT2D eigenvalue weighted by atomic mass is 9.98. The van der Waals surface area contributed by atoms with Crippen LogP contribution < -0.4 is 0 Å². The van der Waals surface area contributed by atoms with E-state index in [1.807, 2.05) is 0 Å². The van der Waals surface area contributed by atoms with E-state index in [1.165, 1.54) is 25.7 Å². The number of hydrogen-bond acceptors (Lipinski definition) is 1. The summed E-state index contributed by atoms with van der Waals surface area (Å²) in [6, 6.07) is 0. The molecule has 2 rings (SSSR count). The molecule has 0 unspecified atom stereocenters. The minimum absolute atomic E-state index is 0.562. The molecule has 0 aromatic heterocycles. The maximum absolute atomic E-state index is 5.65. The van der Waals surface area contributed by atoms with E-state index in [9.17, 15) is 0 Å². The van der Waals surface area contributed by atoms with Crippen LogP contribution in [-0.4, -0.2) is 18.6 Å². The molecular weight excluding hydrogens is 160 g/mol. The van der Waals surface area contributed by atoms with Crippen LogP contribution in [0.1, 0.15) is 25.7 Å². The number of fused-ring (bicyclic) bond motifs is 2. The van der Waals surface area contributed by atoms with Crippen molar-refractivity contribution in [1.29, 1.82) is 0 Å². The van der Waals surface area contributed by atoms with E-state index < -0.39 is 0 Å². The Labute approximate surface area is 73.1 Å². The first-order chi connectivity index (χ1) is 5.40. The van der Waals surface area contributed by atoms with Gasteiger partial charge in [0.15, 0.2) is 0 Å². The average molecular weight is 175 g/mol. The lowest BCUT2D eigenvalue weighted by molar-refractivity contribution is 0.0256. The third-order valence-corrected chi connectivity index (χ3v) is 3.24. The lowest BCUT2D eigenvalue weighted by Crippen LogP contribution is -2.21. The third kappa shape index (κ3) is 1.54. The minimum Gasteiger partial charge on any atom is -0.377 e. The van der Waals surface area contributed by atoms with E-state index in [4.69, 9.17) is 16.3 Å². The Morgan fingerprint density at radius 1 is 1.27 bits per heavy atom. The predicted molar refractivity (Wildman–Crippen MR) is 45.9 cm³/mol. The van der Waals surface area contributed by atoms with E-state index >= 15 is 0 Å². The Bertz CT molecular complexity index is 138. The first-order valence-electron chi connectivity index (χ1n) is 4.57. The highest BCUT2D eigenvalue weighted by molar-refractivity contribution is 6.17. The van der Waals surface area contributed by atoms with Crippen molar-refractivity contribution in [2.24, 2.45) is 11.8 Å². The fourth-order valence-electron chi connectivity index (χ4n) is 2.59. The van der Waals surface area contributed by atoms with Crippen molar-refractivity contribution in [3.63, 3.8) is 0 Å². The number of halogens is 1. The Kier molecular flexibility index (Phi) is 2.38. The zero-order valence-corrected chi connectivity index (χ0v) is 7.52. The molecule has 0 N–H and O–H groups in total. The van der Waals surface area contributed by atoms with Crippen LogP contribution in [0.15, 0.2) is 0 Å². The van der Waals surface area contributed by atoms with E-state index in [0.29, 0.717) is 12.0 Å². The van der Waals surface area contributed by atoms with Crippen LogP contribution >= 0.6 is 11.6 Å². The number of alkyl halides is 1. The third-order valence-electron chi connectivity index (χ3n) is 3.08. The molecule has 0 amide bonds. The summed E-state index contributed by atoms with van der Waals surface area (Å²) in [5.41, 5.74) is 0. The van der Waals surface area contributed by atoms with Gasteiger partial charge in [0.05, 0.1) is 12.7 Å². The molecule has 1 nitrogen and oxygen atoms in total.